The Kier molecular flexibility index (Phi) is 6.16. The molecule has 0 unspecified atom stereocenters. The van der Waals surface area contributed by atoms with Crippen LogP contribution in [0, 0.1) is 12.8 Å². The molecule has 2 aromatic rings. The third-order valence-corrected chi connectivity index (χ3v) is 5.65. The molecule has 1 fully saturated rings. The Balaban J connectivity index is 1.51. The number of amides is 1. The number of carbonyl (C=O) groups excluding carboxylic acids is 1. The Hall–Kier alpha value is -1.78. The summed E-state index contributed by atoms with van der Waals surface area (Å²) in [6, 6.07) is 16.7. The lowest BCUT2D eigenvalue weighted by atomic mass is 9.95. The van der Waals surface area contributed by atoms with E-state index in [1.54, 1.807) is 11.8 Å². The first-order chi connectivity index (χ1) is 12.2. The molecule has 0 bridgehead atoms. The number of likely N-dealkylation sites (tertiary alicyclic amines) is 1. The second-order valence-corrected chi connectivity index (χ2v) is 7.57. The minimum absolute atomic E-state index is 0.115. The molecule has 3 nitrogen and oxygen atoms in total. The van der Waals surface area contributed by atoms with Gasteiger partial charge in [-0.3, -0.25) is 9.69 Å². The molecule has 0 aromatic heterocycles. The zero-order chi connectivity index (χ0) is 17.6. The van der Waals surface area contributed by atoms with Gasteiger partial charge in [0.1, 0.15) is 0 Å². The number of hydrogen-bond donors (Lipinski definition) is 1. The van der Waals surface area contributed by atoms with Crippen LogP contribution in [-0.2, 0) is 11.3 Å². The van der Waals surface area contributed by atoms with Gasteiger partial charge in [-0.05, 0) is 56.8 Å². The molecular weight excluding hydrogens is 328 g/mol. The zero-order valence-corrected chi connectivity index (χ0v) is 15.8. The topological polar surface area (TPSA) is 32.3 Å². The monoisotopic (exact) mass is 354 g/mol. The highest BCUT2D eigenvalue weighted by molar-refractivity contribution is 7.98. The number of hydrogen-bond acceptors (Lipinski definition) is 3. The summed E-state index contributed by atoms with van der Waals surface area (Å²) in [5, 5.41) is 3.12. The van der Waals surface area contributed by atoms with Crippen LogP contribution in [0.5, 0.6) is 0 Å². The minimum Gasteiger partial charge on any atom is -0.325 e. The maximum Gasteiger partial charge on any atom is 0.227 e. The number of carbonyl (C=O) groups is 1. The fourth-order valence-electron chi connectivity index (χ4n) is 3.29. The van der Waals surface area contributed by atoms with Gasteiger partial charge in [-0.15, -0.1) is 11.8 Å². The summed E-state index contributed by atoms with van der Waals surface area (Å²) in [4.78, 5) is 16.2. The number of para-hydroxylation sites is 1. The molecule has 1 saturated heterocycles. The second-order valence-electron chi connectivity index (χ2n) is 6.73. The van der Waals surface area contributed by atoms with E-state index in [1.807, 2.05) is 30.5 Å². The minimum atomic E-state index is 0.115. The van der Waals surface area contributed by atoms with Gasteiger partial charge in [0.25, 0.3) is 0 Å². The highest BCUT2D eigenvalue weighted by atomic mass is 32.2. The molecule has 1 heterocycles. The van der Waals surface area contributed by atoms with Crippen LogP contribution in [0.25, 0.3) is 0 Å². The summed E-state index contributed by atoms with van der Waals surface area (Å²) in [6.45, 7) is 5.05. The van der Waals surface area contributed by atoms with Gasteiger partial charge < -0.3 is 5.32 Å². The van der Waals surface area contributed by atoms with Gasteiger partial charge >= 0.3 is 0 Å². The van der Waals surface area contributed by atoms with E-state index in [0.717, 1.165) is 43.1 Å². The molecule has 0 saturated carbocycles. The first kappa shape index (κ1) is 18.0. The van der Waals surface area contributed by atoms with Crippen LogP contribution in [-0.4, -0.2) is 30.2 Å². The molecule has 4 heteroatoms. The predicted molar refractivity (Wildman–Crippen MR) is 106 cm³/mol. The predicted octanol–water partition coefficient (Wildman–Crippen LogP) is 4.57. The number of rotatable bonds is 5. The molecule has 0 spiro atoms. The Labute approximate surface area is 154 Å². The Bertz CT molecular complexity index is 706. The van der Waals surface area contributed by atoms with Crippen molar-refractivity contribution in [2.24, 2.45) is 5.92 Å². The number of anilines is 1. The van der Waals surface area contributed by atoms with E-state index < -0.39 is 0 Å². The lowest BCUT2D eigenvalue weighted by molar-refractivity contribution is -0.121. The van der Waals surface area contributed by atoms with Crippen LogP contribution in [0.2, 0.25) is 0 Å². The molecular formula is C21H26N2OS. The van der Waals surface area contributed by atoms with Gasteiger partial charge in [-0.2, -0.15) is 0 Å². The normalized spacial score (nSPS) is 15.9. The van der Waals surface area contributed by atoms with Gasteiger partial charge in [-0.25, -0.2) is 0 Å². The SMILES string of the molecule is CSc1ccccc1NC(=O)C1CCN(Cc2ccc(C)cc2)CC1. The largest absolute Gasteiger partial charge is 0.325 e. The fraction of sp³-hybridized carbons (Fsp3) is 0.381. The molecule has 1 aliphatic rings. The van der Waals surface area contributed by atoms with E-state index in [4.69, 9.17) is 0 Å². The van der Waals surface area contributed by atoms with Crippen molar-refractivity contribution in [1.82, 2.24) is 4.90 Å². The van der Waals surface area contributed by atoms with E-state index in [2.05, 4.69) is 41.4 Å². The molecule has 0 atom stereocenters. The lowest BCUT2D eigenvalue weighted by Gasteiger charge is -2.31. The summed E-state index contributed by atoms with van der Waals surface area (Å²) >= 11 is 1.66. The van der Waals surface area contributed by atoms with E-state index >= 15 is 0 Å². The van der Waals surface area contributed by atoms with Crippen molar-refractivity contribution >= 4 is 23.4 Å². The lowest BCUT2D eigenvalue weighted by Crippen LogP contribution is -2.37. The highest BCUT2D eigenvalue weighted by Crippen LogP contribution is 2.27. The van der Waals surface area contributed by atoms with Gasteiger partial charge in [0.15, 0.2) is 0 Å². The smallest absolute Gasteiger partial charge is 0.227 e. The van der Waals surface area contributed by atoms with Crippen LogP contribution in [0.15, 0.2) is 53.4 Å². The van der Waals surface area contributed by atoms with E-state index in [-0.39, 0.29) is 11.8 Å². The third kappa shape index (κ3) is 4.86. The molecule has 25 heavy (non-hydrogen) atoms. The Morgan fingerprint density at radius 2 is 1.80 bits per heavy atom. The zero-order valence-electron chi connectivity index (χ0n) is 15.0. The molecule has 3 rings (SSSR count). The summed E-state index contributed by atoms with van der Waals surface area (Å²) in [6.07, 6.45) is 3.90. The van der Waals surface area contributed by atoms with Gasteiger partial charge in [0.2, 0.25) is 5.91 Å². The highest BCUT2D eigenvalue weighted by Gasteiger charge is 2.25. The van der Waals surface area contributed by atoms with Crippen molar-refractivity contribution < 1.29 is 4.79 Å². The average Bonchev–Trinajstić information content (AvgIpc) is 2.64. The first-order valence-electron chi connectivity index (χ1n) is 8.87. The fourth-order valence-corrected chi connectivity index (χ4v) is 3.84. The summed E-state index contributed by atoms with van der Waals surface area (Å²) < 4.78 is 0. The van der Waals surface area contributed by atoms with Crippen LogP contribution >= 0.6 is 11.8 Å². The number of benzene rings is 2. The van der Waals surface area contributed by atoms with E-state index in [0.29, 0.717) is 0 Å². The van der Waals surface area contributed by atoms with Crippen LogP contribution in [0.4, 0.5) is 5.69 Å². The van der Waals surface area contributed by atoms with Crippen molar-refractivity contribution in [3.05, 3.63) is 59.7 Å². The van der Waals surface area contributed by atoms with E-state index in [9.17, 15) is 4.79 Å². The Morgan fingerprint density at radius 3 is 2.48 bits per heavy atom. The summed E-state index contributed by atoms with van der Waals surface area (Å²) in [5.41, 5.74) is 3.58. The van der Waals surface area contributed by atoms with Crippen LogP contribution in [0.3, 0.4) is 0 Å². The standard InChI is InChI=1S/C21H26N2OS/c1-16-7-9-17(10-8-16)15-23-13-11-18(12-14-23)21(24)22-19-5-3-4-6-20(19)25-2/h3-10,18H,11-15H2,1-2H3,(H,22,24). The summed E-state index contributed by atoms with van der Waals surface area (Å²) in [7, 11) is 0. The number of nitrogens with one attached hydrogen (secondary N) is 1. The van der Waals surface area contributed by atoms with Crippen LogP contribution in [0.1, 0.15) is 24.0 Å². The molecule has 0 radical (unpaired) electrons. The van der Waals surface area contributed by atoms with Gasteiger partial charge in [-0.1, -0.05) is 42.0 Å². The molecule has 132 valence electrons. The molecule has 1 aliphatic heterocycles. The van der Waals surface area contributed by atoms with E-state index in [1.165, 1.54) is 11.1 Å². The van der Waals surface area contributed by atoms with Crippen molar-refractivity contribution in [1.29, 1.82) is 0 Å². The van der Waals surface area contributed by atoms with Gasteiger partial charge in [0, 0.05) is 17.4 Å². The first-order valence-corrected chi connectivity index (χ1v) is 10.1. The molecule has 0 aliphatic carbocycles. The summed E-state index contributed by atoms with van der Waals surface area (Å²) in [5.74, 6) is 0.278. The maximum absolute atomic E-state index is 12.6. The number of thioether (sulfide) groups is 1. The molecule has 2 aromatic carbocycles. The van der Waals surface area contributed by atoms with Crippen molar-refractivity contribution in [3.63, 3.8) is 0 Å². The Morgan fingerprint density at radius 1 is 1.12 bits per heavy atom. The number of nitrogens with zero attached hydrogens (tertiary/aromatic N) is 1. The second kappa shape index (κ2) is 8.54. The maximum atomic E-state index is 12.6. The number of piperidine rings is 1. The molecule has 1 amide bonds. The van der Waals surface area contributed by atoms with Crippen LogP contribution < -0.4 is 5.32 Å². The van der Waals surface area contributed by atoms with Gasteiger partial charge in [0.05, 0.1) is 5.69 Å². The number of aryl methyl sites for hydroxylation is 1. The average molecular weight is 355 g/mol. The quantitative estimate of drug-likeness (QED) is 0.799. The van der Waals surface area contributed by atoms with Crippen molar-refractivity contribution in [2.75, 3.05) is 24.7 Å². The molecule has 1 N–H and O–H groups in total. The third-order valence-electron chi connectivity index (χ3n) is 4.85. The van der Waals surface area contributed by atoms with Crippen molar-refractivity contribution in [3.8, 4) is 0 Å². The van der Waals surface area contributed by atoms with Crippen molar-refractivity contribution in [2.45, 2.75) is 31.2 Å².